The van der Waals surface area contributed by atoms with Gasteiger partial charge < -0.3 is 20.5 Å². The maximum atomic E-state index is 11.8. The van der Waals surface area contributed by atoms with Crippen molar-refractivity contribution in [3.8, 4) is 17.2 Å². The normalized spacial score (nSPS) is 11.3. The molecule has 0 radical (unpaired) electrons. The summed E-state index contributed by atoms with van der Waals surface area (Å²) in [6.07, 6.45) is 3.17. The average molecular weight is 444 g/mol. The number of rotatable bonds is 7. The molecule has 2 heterocycles. The molecule has 0 fully saturated rings. The van der Waals surface area contributed by atoms with E-state index in [1.54, 1.807) is 26.1 Å². The number of amides is 1. The van der Waals surface area contributed by atoms with Gasteiger partial charge in [-0.3, -0.25) is 9.78 Å². The molecule has 2 aromatic heterocycles. The van der Waals surface area contributed by atoms with Crippen molar-refractivity contribution in [2.24, 2.45) is 5.73 Å². The van der Waals surface area contributed by atoms with Crippen molar-refractivity contribution < 1.29 is 14.3 Å². The van der Waals surface area contributed by atoms with Gasteiger partial charge in [-0.2, -0.15) is 0 Å². The maximum Gasteiger partial charge on any atom is 0.261 e. The van der Waals surface area contributed by atoms with Crippen LogP contribution >= 0.6 is 0 Å². The minimum Gasteiger partial charge on any atom is -0.477 e. The zero-order chi connectivity index (χ0) is 23.6. The molecule has 8 heteroatoms. The third kappa shape index (κ3) is 4.85. The first-order valence-corrected chi connectivity index (χ1v) is 10.4. The third-order valence-electron chi connectivity index (χ3n) is 5.13. The van der Waals surface area contributed by atoms with E-state index >= 15 is 0 Å². The second-order valence-electron chi connectivity index (χ2n) is 8.19. The van der Waals surface area contributed by atoms with E-state index in [0.717, 1.165) is 22.7 Å². The van der Waals surface area contributed by atoms with E-state index in [2.05, 4.69) is 20.3 Å². The van der Waals surface area contributed by atoms with E-state index in [0.29, 0.717) is 28.2 Å². The van der Waals surface area contributed by atoms with Crippen molar-refractivity contribution in [1.29, 1.82) is 0 Å². The molecule has 8 nitrogen and oxygen atoms in total. The quantitative estimate of drug-likeness (QED) is 0.421. The van der Waals surface area contributed by atoms with Gasteiger partial charge in [0.1, 0.15) is 29.4 Å². The smallest absolute Gasteiger partial charge is 0.261 e. The van der Waals surface area contributed by atoms with Gasteiger partial charge in [0.2, 0.25) is 0 Å². The van der Waals surface area contributed by atoms with E-state index in [1.165, 1.54) is 6.33 Å². The Morgan fingerprint density at radius 3 is 2.52 bits per heavy atom. The zero-order valence-electron chi connectivity index (χ0n) is 18.9. The summed E-state index contributed by atoms with van der Waals surface area (Å²) in [6.45, 7) is 7.13. The minimum atomic E-state index is -1.19. The Balaban J connectivity index is 1.64. The predicted octanol–water partition coefficient (Wildman–Crippen LogP) is 4.82. The van der Waals surface area contributed by atoms with Gasteiger partial charge >= 0.3 is 0 Å². The van der Waals surface area contributed by atoms with Gasteiger partial charge in [0.25, 0.3) is 5.91 Å². The highest BCUT2D eigenvalue weighted by Crippen LogP contribution is 2.34. The number of hydrogen-bond donors (Lipinski definition) is 2. The molecule has 4 aromatic rings. The van der Waals surface area contributed by atoms with E-state index in [-0.39, 0.29) is 0 Å². The van der Waals surface area contributed by atoms with Crippen molar-refractivity contribution in [3.63, 3.8) is 0 Å². The summed E-state index contributed by atoms with van der Waals surface area (Å²) >= 11 is 0. The summed E-state index contributed by atoms with van der Waals surface area (Å²) in [5, 5.41) is 3.98. The van der Waals surface area contributed by atoms with Gasteiger partial charge in [-0.05, 0) is 75.7 Å². The Hall–Kier alpha value is -4.20. The number of ether oxygens (including phenoxy) is 2. The van der Waals surface area contributed by atoms with Crippen LogP contribution in [0.2, 0.25) is 0 Å². The number of aromatic nitrogens is 3. The summed E-state index contributed by atoms with van der Waals surface area (Å²) in [5.74, 6) is 1.84. The van der Waals surface area contributed by atoms with E-state index < -0.39 is 11.5 Å². The van der Waals surface area contributed by atoms with Crippen LogP contribution in [0.4, 0.5) is 11.5 Å². The fraction of sp³-hybridized carbons (Fsp3) is 0.200. The highest BCUT2D eigenvalue weighted by molar-refractivity contribution is 5.96. The third-order valence-corrected chi connectivity index (χ3v) is 5.13. The van der Waals surface area contributed by atoms with Crippen LogP contribution in [-0.2, 0) is 4.79 Å². The van der Waals surface area contributed by atoms with E-state index in [9.17, 15) is 4.79 Å². The summed E-state index contributed by atoms with van der Waals surface area (Å²) in [6, 6.07) is 15.0. The fourth-order valence-electron chi connectivity index (χ4n) is 3.20. The molecule has 0 bridgehead atoms. The Morgan fingerprint density at radius 1 is 1.00 bits per heavy atom. The lowest BCUT2D eigenvalue weighted by Gasteiger charge is -2.24. The molecule has 0 aliphatic carbocycles. The zero-order valence-corrected chi connectivity index (χ0v) is 18.9. The average Bonchev–Trinajstić information content (AvgIpc) is 2.77. The second kappa shape index (κ2) is 8.74. The number of carbonyl (C=O) groups excluding carboxylic acids is 1. The number of primary amides is 1. The largest absolute Gasteiger partial charge is 0.477 e. The molecule has 0 aliphatic heterocycles. The summed E-state index contributed by atoms with van der Waals surface area (Å²) < 4.78 is 11.9. The Labute approximate surface area is 191 Å². The first kappa shape index (κ1) is 22.0. The lowest BCUT2D eigenvalue weighted by atomic mass is 10.1. The number of benzene rings is 2. The molecule has 0 saturated heterocycles. The molecule has 0 saturated carbocycles. The molecule has 3 N–H and O–H groups in total. The van der Waals surface area contributed by atoms with Crippen molar-refractivity contribution in [2.75, 3.05) is 5.32 Å². The van der Waals surface area contributed by atoms with Gasteiger partial charge in [0.05, 0.1) is 17.1 Å². The lowest BCUT2D eigenvalue weighted by Crippen LogP contribution is -2.43. The molecular weight excluding hydrogens is 418 g/mol. The second-order valence-corrected chi connectivity index (χ2v) is 8.19. The first-order valence-electron chi connectivity index (χ1n) is 10.4. The standard InChI is InChI=1S/C25H25N5O3/c1-15-12-17(9-11-20(15)32-18-10-8-16(2)27-13-18)30-23-22-19(28-14-29-23)6-5-7-21(22)33-25(3,4)24(26)31/h5-14H,1-4H3,(H2,26,31)(H,28,29,30). The molecule has 0 unspecified atom stereocenters. The Bertz CT molecular complexity index is 1310. The number of anilines is 2. The summed E-state index contributed by atoms with van der Waals surface area (Å²) in [5.41, 5.74) is 7.65. The summed E-state index contributed by atoms with van der Waals surface area (Å²) in [4.78, 5) is 24.8. The van der Waals surface area contributed by atoms with E-state index in [4.69, 9.17) is 15.2 Å². The first-order chi connectivity index (χ1) is 15.7. The monoisotopic (exact) mass is 443 g/mol. The van der Waals surface area contributed by atoms with Crippen LogP contribution in [0.3, 0.4) is 0 Å². The summed E-state index contributed by atoms with van der Waals surface area (Å²) in [7, 11) is 0. The van der Waals surface area contributed by atoms with Gasteiger partial charge in [-0.15, -0.1) is 0 Å². The van der Waals surface area contributed by atoms with Crippen molar-refractivity contribution in [1.82, 2.24) is 15.0 Å². The molecular formula is C25H25N5O3. The van der Waals surface area contributed by atoms with Crippen molar-refractivity contribution in [2.45, 2.75) is 33.3 Å². The molecule has 0 atom stereocenters. The number of nitrogens with one attached hydrogen (secondary N) is 1. The number of hydrogen-bond acceptors (Lipinski definition) is 7. The number of aryl methyl sites for hydroxylation is 2. The highest BCUT2D eigenvalue weighted by Gasteiger charge is 2.28. The number of carbonyl (C=O) groups is 1. The van der Waals surface area contributed by atoms with Gasteiger partial charge in [0.15, 0.2) is 5.60 Å². The SMILES string of the molecule is Cc1ccc(Oc2ccc(Nc3ncnc4cccc(OC(C)(C)C(N)=O)c34)cc2C)cn1. The number of fused-ring (bicyclic) bond motifs is 1. The molecule has 33 heavy (non-hydrogen) atoms. The Morgan fingerprint density at radius 2 is 1.82 bits per heavy atom. The van der Waals surface area contributed by atoms with Crippen LogP contribution in [0.15, 0.2) is 61.1 Å². The fourth-order valence-corrected chi connectivity index (χ4v) is 3.20. The molecule has 2 aromatic carbocycles. The molecule has 0 aliphatic rings. The predicted molar refractivity (Wildman–Crippen MR) is 127 cm³/mol. The van der Waals surface area contributed by atoms with Gasteiger partial charge in [-0.1, -0.05) is 6.07 Å². The number of pyridine rings is 1. The van der Waals surface area contributed by atoms with Crippen molar-refractivity contribution >= 4 is 28.3 Å². The molecule has 168 valence electrons. The van der Waals surface area contributed by atoms with E-state index in [1.807, 2.05) is 56.3 Å². The number of nitrogens with two attached hydrogens (primary N) is 1. The Kier molecular flexibility index (Phi) is 5.83. The van der Waals surface area contributed by atoms with Crippen LogP contribution in [-0.4, -0.2) is 26.5 Å². The van der Waals surface area contributed by atoms with Crippen LogP contribution in [0.1, 0.15) is 25.1 Å². The topological polar surface area (TPSA) is 112 Å². The van der Waals surface area contributed by atoms with Crippen LogP contribution in [0.25, 0.3) is 10.9 Å². The lowest BCUT2D eigenvalue weighted by molar-refractivity contribution is -0.130. The minimum absolute atomic E-state index is 0.461. The van der Waals surface area contributed by atoms with Crippen LogP contribution in [0.5, 0.6) is 17.2 Å². The molecule has 0 spiro atoms. The molecule has 1 amide bonds. The maximum absolute atomic E-state index is 11.8. The van der Waals surface area contributed by atoms with Crippen LogP contribution in [0, 0.1) is 13.8 Å². The van der Waals surface area contributed by atoms with Gasteiger partial charge in [0, 0.05) is 11.4 Å². The van der Waals surface area contributed by atoms with Gasteiger partial charge in [-0.25, -0.2) is 9.97 Å². The molecule has 4 rings (SSSR count). The van der Waals surface area contributed by atoms with Crippen LogP contribution < -0.4 is 20.5 Å². The number of nitrogens with zero attached hydrogens (tertiary/aromatic N) is 3. The van der Waals surface area contributed by atoms with Crippen molar-refractivity contribution in [3.05, 3.63) is 72.3 Å². The highest BCUT2D eigenvalue weighted by atomic mass is 16.5.